The molecule has 0 saturated carbocycles. The van der Waals surface area contributed by atoms with Gasteiger partial charge in [-0.15, -0.1) is 0 Å². The minimum absolute atomic E-state index is 0.251. The molecule has 0 fully saturated rings. The van der Waals surface area contributed by atoms with Gasteiger partial charge in [-0.3, -0.25) is 0 Å². The lowest BCUT2D eigenvalue weighted by Gasteiger charge is -2.23. The minimum atomic E-state index is -3.37. The van der Waals surface area contributed by atoms with E-state index >= 15 is 0 Å². The third-order valence-electron chi connectivity index (χ3n) is 2.03. The second kappa shape index (κ2) is 3.83. The lowest BCUT2D eigenvalue weighted by molar-refractivity contribution is -0.178. The summed E-state index contributed by atoms with van der Waals surface area (Å²) in [6, 6.07) is 0. The van der Waals surface area contributed by atoms with Crippen LogP contribution < -0.4 is 0 Å². The Labute approximate surface area is 70.9 Å². The third kappa shape index (κ3) is 2.16. The van der Waals surface area contributed by atoms with Crippen molar-refractivity contribution in [1.82, 2.24) is 0 Å². The highest BCUT2D eigenvalue weighted by Crippen LogP contribution is 2.31. The van der Waals surface area contributed by atoms with E-state index in [0.29, 0.717) is 0 Å². The maximum atomic E-state index is 13.0. The first-order chi connectivity index (χ1) is 5.34. The van der Waals surface area contributed by atoms with E-state index in [9.17, 15) is 13.6 Å². The Hall–Kier alpha value is -0.670. The number of hydrogen-bond acceptors (Lipinski definition) is 2. The molecule has 0 aliphatic carbocycles. The number of alkyl halides is 2. The van der Waals surface area contributed by atoms with Crippen molar-refractivity contribution in [1.29, 1.82) is 0 Å². The lowest BCUT2D eigenvalue weighted by atomic mass is 9.91. The molecule has 0 spiro atoms. The van der Waals surface area contributed by atoms with E-state index in [-0.39, 0.29) is 5.92 Å². The van der Waals surface area contributed by atoms with Crippen LogP contribution >= 0.6 is 0 Å². The van der Waals surface area contributed by atoms with Crippen molar-refractivity contribution >= 4 is 5.97 Å². The molecule has 0 aromatic heterocycles. The molecule has 0 rings (SSSR count). The summed E-state index contributed by atoms with van der Waals surface area (Å²) in [4.78, 5) is 10.6. The van der Waals surface area contributed by atoms with E-state index in [1.807, 2.05) is 0 Å². The minimum Gasteiger partial charge on any atom is -0.465 e. The van der Waals surface area contributed by atoms with Crippen molar-refractivity contribution in [3.8, 4) is 0 Å². The first kappa shape index (κ1) is 11.3. The van der Waals surface area contributed by atoms with Gasteiger partial charge in [-0.05, 0) is 5.92 Å². The Bertz CT molecular complexity index is 166. The number of rotatable bonds is 3. The smallest absolute Gasteiger partial charge is 0.377 e. The molecule has 0 aromatic carbocycles. The standard InChI is InChI=1S/C8H14F2O2/c1-5(2)6(3)8(9,10)7(11)12-4/h5-6H,1-4H3. The van der Waals surface area contributed by atoms with Crippen molar-refractivity contribution in [2.45, 2.75) is 26.7 Å². The molecular formula is C8H14F2O2. The molecule has 0 aliphatic heterocycles. The van der Waals surface area contributed by atoms with Crippen molar-refractivity contribution in [2.75, 3.05) is 7.11 Å². The van der Waals surface area contributed by atoms with E-state index in [0.717, 1.165) is 7.11 Å². The summed E-state index contributed by atoms with van der Waals surface area (Å²) >= 11 is 0. The average molecular weight is 180 g/mol. The maximum absolute atomic E-state index is 13.0. The lowest BCUT2D eigenvalue weighted by Crippen LogP contribution is -2.39. The van der Waals surface area contributed by atoms with Crippen molar-refractivity contribution in [2.24, 2.45) is 11.8 Å². The molecule has 0 heterocycles. The van der Waals surface area contributed by atoms with Crippen LogP contribution in [0.4, 0.5) is 8.78 Å². The molecule has 0 aromatic rings. The zero-order valence-corrected chi connectivity index (χ0v) is 7.73. The number of ether oxygens (including phenoxy) is 1. The Balaban J connectivity index is 4.48. The van der Waals surface area contributed by atoms with Gasteiger partial charge in [0, 0.05) is 5.92 Å². The van der Waals surface area contributed by atoms with Gasteiger partial charge in [0.1, 0.15) is 0 Å². The van der Waals surface area contributed by atoms with Gasteiger partial charge >= 0.3 is 11.9 Å². The topological polar surface area (TPSA) is 26.3 Å². The van der Waals surface area contributed by atoms with Gasteiger partial charge in [0.2, 0.25) is 0 Å². The van der Waals surface area contributed by atoms with E-state index in [1.165, 1.54) is 6.92 Å². The first-order valence-corrected chi connectivity index (χ1v) is 3.80. The molecule has 2 nitrogen and oxygen atoms in total. The molecule has 1 atom stereocenters. The molecule has 1 unspecified atom stereocenters. The van der Waals surface area contributed by atoms with Crippen LogP contribution in [0, 0.1) is 11.8 Å². The summed E-state index contributed by atoms with van der Waals surface area (Å²) in [5.74, 6) is -6.07. The Kier molecular flexibility index (Phi) is 3.61. The SMILES string of the molecule is COC(=O)C(F)(F)C(C)C(C)C. The molecule has 0 saturated heterocycles. The van der Waals surface area contributed by atoms with Crippen LogP contribution in [0.1, 0.15) is 20.8 Å². The van der Waals surface area contributed by atoms with Crippen LogP contribution in [-0.2, 0) is 9.53 Å². The predicted molar refractivity (Wildman–Crippen MR) is 41.0 cm³/mol. The Morgan fingerprint density at radius 3 is 2.00 bits per heavy atom. The fourth-order valence-corrected chi connectivity index (χ4v) is 0.741. The van der Waals surface area contributed by atoms with E-state index < -0.39 is 17.8 Å². The van der Waals surface area contributed by atoms with Gasteiger partial charge in [0.15, 0.2) is 0 Å². The van der Waals surface area contributed by atoms with Gasteiger partial charge in [0.05, 0.1) is 7.11 Å². The summed E-state index contributed by atoms with van der Waals surface area (Å²) in [6.07, 6.45) is 0. The molecule has 72 valence electrons. The van der Waals surface area contributed by atoms with Gasteiger partial charge in [-0.25, -0.2) is 4.79 Å². The maximum Gasteiger partial charge on any atom is 0.377 e. The molecule has 0 amide bonds. The first-order valence-electron chi connectivity index (χ1n) is 3.80. The third-order valence-corrected chi connectivity index (χ3v) is 2.03. The van der Waals surface area contributed by atoms with Crippen molar-refractivity contribution < 1.29 is 18.3 Å². The summed E-state index contributed by atoms with van der Waals surface area (Å²) in [7, 11) is 0.962. The van der Waals surface area contributed by atoms with Gasteiger partial charge in [-0.1, -0.05) is 20.8 Å². The summed E-state index contributed by atoms with van der Waals surface area (Å²) in [6.45, 7) is 4.62. The summed E-state index contributed by atoms with van der Waals surface area (Å²) in [5, 5.41) is 0. The van der Waals surface area contributed by atoms with E-state index in [2.05, 4.69) is 4.74 Å². The number of esters is 1. The van der Waals surface area contributed by atoms with E-state index in [1.54, 1.807) is 13.8 Å². The molecular weight excluding hydrogens is 166 g/mol. The highest BCUT2D eigenvalue weighted by Gasteiger charge is 2.46. The highest BCUT2D eigenvalue weighted by molar-refractivity contribution is 5.77. The monoisotopic (exact) mass is 180 g/mol. The van der Waals surface area contributed by atoms with Crippen LogP contribution in [0.2, 0.25) is 0 Å². The molecule has 0 radical (unpaired) electrons. The molecule has 4 heteroatoms. The van der Waals surface area contributed by atoms with Crippen LogP contribution in [0.3, 0.4) is 0 Å². The van der Waals surface area contributed by atoms with Gasteiger partial charge in [0.25, 0.3) is 0 Å². The zero-order valence-electron chi connectivity index (χ0n) is 7.73. The number of carbonyl (C=O) groups excluding carboxylic acids is 1. The Morgan fingerprint density at radius 1 is 1.33 bits per heavy atom. The summed E-state index contributed by atoms with van der Waals surface area (Å²) < 4.78 is 30.0. The van der Waals surface area contributed by atoms with Crippen LogP contribution in [0.15, 0.2) is 0 Å². The normalized spacial score (nSPS) is 14.6. The summed E-state index contributed by atoms with van der Waals surface area (Å²) in [5.41, 5.74) is 0. The van der Waals surface area contributed by atoms with Gasteiger partial charge < -0.3 is 4.74 Å². The van der Waals surface area contributed by atoms with Crippen LogP contribution in [0.5, 0.6) is 0 Å². The van der Waals surface area contributed by atoms with Crippen LogP contribution in [-0.4, -0.2) is 19.0 Å². The molecule has 0 bridgehead atoms. The molecule has 0 N–H and O–H groups in total. The quantitative estimate of drug-likeness (QED) is 0.621. The van der Waals surface area contributed by atoms with Crippen molar-refractivity contribution in [3.63, 3.8) is 0 Å². The van der Waals surface area contributed by atoms with E-state index in [4.69, 9.17) is 0 Å². The zero-order chi connectivity index (χ0) is 9.94. The number of halogens is 2. The number of carbonyl (C=O) groups is 1. The second-order valence-corrected chi connectivity index (χ2v) is 3.15. The average Bonchev–Trinajstić information content (AvgIpc) is 2.01. The van der Waals surface area contributed by atoms with Crippen molar-refractivity contribution in [3.05, 3.63) is 0 Å². The van der Waals surface area contributed by atoms with Gasteiger partial charge in [-0.2, -0.15) is 8.78 Å². The fourth-order valence-electron chi connectivity index (χ4n) is 0.741. The fraction of sp³-hybridized carbons (Fsp3) is 0.875. The number of methoxy groups -OCH3 is 1. The Morgan fingerprint density at radius 2 is 1.75 bits per heavy atom. The second-order valence-electron chi connectivity index (χ2n) is 3.15. The van der Waals surface area contributed by atoms with Crippen LogP contribution in [0.25, 0.3) is 0 Å². The molecule has 0 aliphatic rings. The predicted octanol–water partition coefficient (Wildman–Crippen LogP) is 2.09. The number of hydrogen-bond donors (Lipinski definition) is 0. The molecule has 12 heavy (non-hydrogen) atoms. The largest absolute Gasteiger partial charge is 0.465 e. The highest BCUT2D eigenvalue weighted by atomic mass is 19.3.